The van der Waals surface area contributed by atoms with E-state index in [0.717, 1.165) is 17.3 Å². The first-order valence-corrected chi connectivity index (χ1v) is 10.7. The first-order chi connectivity index (χ1) is 15.3. The zero-order valence-electron chi connectivity index (χ0n) is 17.8. The molecule has 170 valence electrons. The molecule has 0 fully saturated rings. The number of nitrogens with one attached hydrogen (secondary N) is 1. The molecule has 2 aromatic rings. The maximum absolute atomic E-state index is 12.8. The molecule has 32 heavy (non-hydrogen) atoms. The number of alkyl halides is 2. The van der Waals surface area contributed by atoms with Crippen LogP contribution in [-0.4, -0.2) is 40.8 Å². The molecule has 0 saturated carbocycles. The van der Waals surface area contributed by atoms with Crippen LogP contribution in [0.2, 0.25) is 0 Å². The van der Waals surface area contributed by atoms with Gasteiger partial charge in [-0.25, -0.2) is 5.01 Å². The number of anilines is 1. The predicted octanol–water partition coefficient (Wildman–Crippen LogP) is 5.11. The van der Waals surface area contributed by atoms with Gasteiger partial charge in [-0.05, 0) is 42.3 Å². The number of ether oxygens (including phenoxy) is 2. The molecule has 2 amide bonds. The fraction of sp³-hybridized carbons (Fsp3) is 0.318. The van der Waals surface area contributed by atoms with E-state index in [-0.39, 0.29) is 34.4 Å². The van der Waals surface area contributed by atoms with Gasteiger partial charge < -0.3 is 14.8 Å². The lowest BCUT2D eigenvalue weighted by Crippen LogP contribution is -2.34. The molecule has 0 aliphatic carbocycles. The summed E-state index contributed by atoms with van der Waals surface area (Å²) in [6, 6.07) is 11.8. The quantitative estimate of drug-likeness (QED) is 0.589. The van der Waals surface area contributed by atoms with Crippen molar-refractivity contribution < 1.29 is 27.8 Å². The number of benzene rings is 2. The molecule has 1 unspecified atom stereocenters. The summed E-state index contributed by atoms with van der Waals surface area (Å²) in [4.78, 5) is 23.8. The van der Waals surface area contributed by atoms with E-state index in [0.29, 0.717) is 23.4 Å². The van der Waals surface area contributed by atoms with Crippen LogP contribution in [0.4, 0.5) is 19.3 Å². The standard InChI is InChI=1S/C22H23F2N3O4S/c1-4-19-20(15-7-10-17(30-3)18(11-15)31-21(23)24)26-27(22(29)32-19)12-14-5-8-16(9-6-14)25-13(2)28/h5-11,19,21H,4,12H2,1-3H3,(H,25,28). The van der Waals surface area contributed by atoms with E-state index in [2.05, 4.69) is 15.2 Å². The summed E-state index contributed by atoms with van der Waals surface area (Å²) in [7, 11) is 1.37. The third-order valence-electron chi connectivity index (χ3n) is 4.64. The number of hydrazone groups is 1. The second-order valence-corrected chi connectivity index (χ2v) is 8.10. The number of carbonyl (C=O) groups excluding carboxylic acids is 2. The van der Waals surface area contributed by atoms with Crippen molar-refractivity contribution >= 4 is 34.3 Å². The molecule has 0 saturated heterocycles. The topological polar surface area (TPSA) is 80.2 Å². The van der Waals surface area contributed by atoms with Crippen LogP contribution in [0.25, 0.3) is 0 Å². The van der Waals surface area contributed by atoms with Crippen molar-refractivity contribution in [1.82, 2.24) is 5.01 Å². The van der Waals surface area contributed by atoms with Crippen molar-refractivity contribution in [2.45, 2.75) is 38.7 Å². The Morgan fingerprint density at radius 2 is 1.94 bits per heavy atom. The van der Waals surface area contributed by atoms with E-state index >= 15 is 0 Å². The minimum atomic E-state index is -3.00. The number of rotatable bonds is 8. The molecule has 1 aliphatic rings. The Kier molecular flexibility index (Phi) is 7.68. The Labute approximate surface area is 188 Å². The maximum atomic E-state index is 12.8. The van der Waals surface area contributed by atoms with E-state index in [1.807, 2.05) is 6.92 Å². The highest BCUT2D eigenvalue weighted by Crippen LogP contribution is 2.34. The van der Waals surface area contributed by atoms with Crippen LogP contribution in [0.5, 0.6) is 11.5 Å². The van der Waals surface area contributed by atoms with Crippen molar-refractivity contribution in [3.05, 3.63) is 53.6 Å². The molecule has 0 spiro atoms. The Morgan fingerprint density at radius 1 is 1.22 bits per heavy atom. The summed E-state index contributed by atoms with van der Waals surface area (Å²) in [5.74, 6) is -0.0900. The van der Waals surface area contributed by atoms with Gasteiger partial charge in [0.25, 0.3) is 0 Å². The van der Waals surface area contributed by atoms with Crippen LogP contribution >= 0.6 is 11.8 Å². The Balaban J connectivity index is 1.89. The lowest BCUT2D eigenvalue weighted by atomic mass is 10.0. The SMILES string of the molecule is CCC1SC(=O)N(Cc2ccc(NC(C)=O)cc2)N=C1c1ccc(OC)c(OC(F)F)c1. The second kappa shape index (κ2) is 10.4. The lowest BCUT2D eigenvalue weighted by Gasteiger charge is -2.28. The Morgan fingerprint density at radius 3 is 2.53 bits per heavy atom. The average Bonchev–Trinajstić information content (AvgIpc) is 2.75. The van der Waals surface area contributed by atoms with Crippen molar-refractivity contribution in [2.75, 3.05) is 12.4 Å². The highest BCUT2D eigenvalue weighted by atomic mass is 32.2. The molecule has 0 radical (unpaired) electrons. The molecule has 1 heterocycles. The van der Waals surface area contributed by atoms with Gasteiger partial charge in [0.1, 0.15) is 0 Å². The molecular formula is C22H23F2N3O4S. The summed E-state index contributed by atoms with van der Waals surface area (Å²) in [5.41, 5.74) is 2.64. The Hall–Kier alpha value is -3.14. The van der Waals surface area contributed by atoms with Gasteiger partial charge in [-0.2, -0.15) is 13.9 Å². The van der Waals surface area contributed by atoms with Gasteiger partial charge in [-0.15, -0.1) is 0 Å². The summed E-state index contributed by atoms with van der Waals surface area (Å²) in [6.45, 7) is 0.580. The van der Waals surface area contributed by atoms with E-state index in [9.17, 15) is 18.4 Å². The van der Waals surface area contributed by atoms with E-state index in [1.165, 1.54) is 31.2 Å². The highest BCUT2D eigenvalue weighted by Gasteiger charge is 2.30. The zero-order chi connectivity index (χ0) is 23.3. The maximum Gasteiger partial charge on any atom is 0.387 e. The smallest absolute Gasteiger partial charge is 0.387 e. The Bertz CT molecular complexity index is 1010. The molecule has 3 rings (SSSR count). The fourth-order valence-corrected chi connectivity index (χ4v) is 4.12. The normalized spacial score (nSPS) is 16.1. The van der Waals surface area contributed by atoms with Crippen molar-refractivity contribution in [3.8, 4) is 11.5 Å². The number of thioether (sulfide) groups is 1. The van der Waals surface area contributed by atoms with Crippen LogP contribution in [0.15, 0.2) is 47.6 Å². The van der Waals surface area contributed by atoms with Gasteiger partial charge in [0.2, 0.25) is 5.91 Å². The number of nitrogens with zero attached hydrogens (tertiary/aromatic N) is 2. The highest BCUT2D eigenvalue weighted by molar-refractivity contribution is 8.14. The third-order valence-corrected chi connectivity index (χ3v) is 5.89. The van der Waals surface area contributed by atoms with Gasteiger partial charge in [0.05, 0.1) is 24.6 Å². The molecule has 1 N–H and O–H groups in total. The van der Waals surface area contributed by atoms with Crippen molar-refractivity contribution in [1.29, 1.82) is 0 Å². The monoisotopic (exact) mass is 463 g/mol. The number of halogens is 2. The summed E-state index contributed by atoms with van der Waals surface area (Å²) in [5, 5.41) is 8.15. The van der Waals surface area contributed by atoms with E-state index in [4.69, 9.17) is 4.74 Å². The first-order valence-electron chi connectivity index (χ1n) is 9.87. The minimum absolute atomic E-state index is 0.0976. The number of hydrogen-bond acceptors (Lipinski definition) is 6. The number of methoxy groups -OCH3 is 1. The number of amides is 2. The predicted molar refractivity (Wildman–Crippen MR) is 120 cm³/mol. The minimum Gasteiger partial charge on any atom is -0.493 e. The zero-order valence-corrected chi connectivity index (χ0v) is 18.6. The fourth-order valence-electron chi connectivity index (χ4n) is 3.19. The molecule has 2 aromatic carbocycles. The third kappa shape index (κ3) is 5.76. The van der Waals surface area contributed by atoms with Gasteiger partial charge in [-0.1, -0.05) is 30.8 Å². The van der Waals surface area contributed by atoms with Crippen LogP contribution in [0.1, 0.15) is 31.4 Å². The molecule has 10 heteroatoms. The van der Waals surface area contributed by atoms with Gasteiger partial charge in [0, 0.05) is 18.2 Å². The summed E-state index contributed by atoms with van der Waals surface area (Å²) >= 11 is 1.14. The van der Waals surface area contributed by atoms with E-state index < -0.39 is 6.61 Å². The number of carbonyl (C=O) groups is 2. The largest absolute Gasteiger partial charge is 0.493 e. The van der Waals surface area contributed by atoms with Crippen LogP contribution < -0.4 is 14.8 Å². The van der Waals surface area contributed by atoms with Gasteiger partial charge >= 0.3 is 11.9 Å². The first kappa shape index (κ1) is 23.5. The molecule has 1 atom stereocenters. The molecule has 7 nitrogen and oxygen atoms in total. The van der Waals surface area contributed by atoms with Crippen LogP contribution in [-0.2, 0) is 11.3 Å². The van der Waals surface area contributed by atoms with Gasteiger partial charge in [-0.3, -0.25) is 9.59 Å². The van der Waals surface area contributed by atoms with Crippen molar-refractivity contribution in [2.24, 2.45) is 5.10 Å². The molecular weight excluding hydrogens is 440 g/mol. The molecule has 0 aromatic heterocycles. The summed E-state index contributed by atoms with van der Waals surface area (Å²) < 4.78 is 35.3. The van der Waals surface area contributed by atoms with E-state index in [1.54, 1.807) is 30.3 Å². The second-order valence-electron chi connectivity index (χ2n) is 6.95. The van der Waals surface area contributed by atoms with Gasteiger partial charge in [0.15, 0.2) is 11.5 Å². The van der Waals surface area contributed by atoms with Crippen LogP contribution in [0, 0.1) is 0 Å². The number of hydrogen-bond donors (Lipinski definition) is 1. The summed E-state index contributed by atoms with van der Waals surface area (Å²) in [6.07, 6.45) is 0.631. The molecule has 1 aliphatic heterocycles. The lowest BCUT2D eigenvalue weighted by molar-refractivity contribution is -0.114. The van der Waals surface area contributed by atoms with Crippen LogP contribution in [0.3, 0.4) is 0 Å². The molecule has 0 bridgehead atoms. The van der Waals surface area contributed by atoms with Crippen molar-refractivity contribution in [3.63, 3.8) is 0 Å². The average molecular weight is 464 g/mol.